The van der Waals surface area contributed by atoms with Crippen molar-refractivity contribution in [3.8, 4) is 5.75 Å². The van der Waals surface area contributed by atoms with Gasteiger partial charge in [0.1, 0.15) is 18.0 Å². The van der Waals surface area contributed by atoms with E-state index in [1.165, 1.54) is 11.1 Å². The number of ether oxygens (including phenoxy) is 2. The number of H-pyrrole nitrogens is 1. The summed E-state index contributed by atoms with van der Waals surface area (Å²) in [6.45, 7) is 5.48. The van der Waals surface area contributed by atoms with Gasteiger partial charge >= 0.3 is 5.97 Å². The summed E-state index contributed by atoms with van der Waals surface area (Å²) < 4.78 is 11.3. The Bertz CT molecular complexity index is 1240. The minimum absolute atomic E-state index is 0.0897. The van der Waals surface area contributed by atoms with E-state index < -0.39 is 17.1 Å². The van der Waals surface area contributed by atoms with E-state index in [-0.39, 0.29) is 18.1 Å². The fraction of sp³-hybridized carbons (Fsp3) is 0.345. The molecule has 1 aromatic heterocycles. The number of rotatable bonds is 7. The molecule has 35 heavy (non-hydrogen) atoms. The summed E-state index contributed by atoms with van der Waals surface area (Å²) in [6, 6.07) is 20.0. The molecule has 1 aliphatic rings. The molecule has 1 aliphatic carbocycles. The number of benzene rings is 2. The van der Waals surface area contributed by atoms with Crippen molar-refractivity contribution in [1.29, 1.82) is 0 Å². The molecule has 3 aromatic rings. The lowest BCUT2D eigenvalue weighted by Crippen LogP contribution is -2.28. The highest BCUT2D eigenvalue weighted by Gasteiger charge is 2.26. The summed E-state index contributed by atoms with van der Waals surface area (Å²) in [5, 5.41) is 0. The third-order valence-electron chi connectivity index (χ3n) is 5.91. The van der Waals surface area contributed by atoms with Crippen LogP contribution in [-0.4, -0.2) is 21.5 Å². The van der Waals surface area contributed by atoms with Crippen molar-refractivity contribution in [3.63, 3.8) is 0 Å². The van der Waals surface area contributed by atoms with Crippen LogP contribution >= 0.6 is 0 Å². The fourth-order valence-electron chi connectivity index (χ4n) is 4.21. The lowest BCUT2D eigenvalue weighted by Gasteiger charge is -2.22. The van der Waals surface area contributed by atoms with Gasteiger partial charge in [0.15, 0.2) is 5.69 Å². The highest BCUT2D eigenvalue weighted by Crippen LogP contribution is 2.33. The van der Waals surface area contributed by atoms with Gasteiger partial charge in [0.2, 0.25) is 5.75 Å². The summed E-state index contributed by atoms with van der Waals surface area (Å²) in [6.07, 6.45) is 5.61. The maximum absolute atomic E-state index is 13.0. The van der Waals surface area contributed by atoms with Crippen molar-refractivity contribution in [2.45, 2.75) is 64.6 Å². The third kappa shape index (κ3) is 6.69. The highest BCUT2D eigenvalue weighted by molar-refractivity contribution is 5.90. The Morgan fingerprint density at radius 2 is 1.74 bits per heavy atom. The molecule has 1 atom stereocenters. The standard InChI is InChI=1S/C29H32N2O4/c1-29(2,3)35-28(33)25-26(34-19-21-10-6-4-7-11-21)27(32)31-24(30-25)18-20-14-16-23(17-15-20)22-12-8-5-9-13-22/h4-14,23H,15-19H2,1-3H3,(H,30,31,32). The molecular formula is C29H32N2O4. The van der Waals surface area contributed by atoms with Crippen LogP contribution in [0.25, 0.3) is 0 Å². The molecule has 0 spiro atoms. The van der Waals surface area contributed by atoms with Crippen LogP contribution in [0.1, 0.15) is 73.4 Å². The van der Waals surface area contributed by atoms with E-state index in [4.69, 9.17) is 9.47 Å². The first-order valence-electron chi connectivity index (χ1n) is 12.0. The first-order valence-corrected chi connectivity index (χ1v) is 12.0. The first-order chi connectivity index (χ1) is 16.8. The van der Waals surface area contributed by atoms with Gasteiger partial charge in [-0.05, 0) is 57.1 Å². The number of esters is 1. The molecule has 0 radical (unpaired) electrons. The number of hydrogen-bond donors (Lipinski definition) is 1. The SMILES string of the molecule is CC(C)(C)OC(=O)c1nc(CC2=CCC(c3ccccc3)CC2)[nH]c(=O)c1OCc1ccccc1. The van der Waals surface area contributed by atoms with E-state index in [2.05, 4.69) is 40.3 Å². The molecule has 1 unspecified atom stereocenters. The third-order valence-corrected chi connectivity index (χ3v) is 5.91. The summed E-state index contributed by atoms with van der Waals surface area (Å²) in [4.78, 5) is 33.3. The van der Waals surface area contributed by atoms with Crippen LogP contribution in [0, 0.1) is 0 Å². The molecule has 4 rings (SSSR count). The lowest BCUT2D eigenvalue weighted by molar-refractivity contribution is 0.00572. The number of hydrogen-bond acceptors (Lipinski definition) is 5. The smallest absolute Gasteiger partial charge is 0.361 e. The van der Waals surface area contributed by atoms with Crippen LogP contribution in [0.5, 0.6) is 5.75 Å². The molecule has 0 fully saturated rings. The van der Waals surface area contributed by atoms with Gasteiger partial charge in [-0.2, -0.15) is 0 Å². The Hall–Kier alpha value is -3.67. The second kappa shape index (κ2) is 10.7. The molecule has 182 valence electrons. The second-order valence-electron chi connectivity index (χ2n) is 9.89. The van der Waals surface area contributed by atoms with E-state index in [0.717, 1.165) is 24.8 Å². The van der Waals surface area contributed by atoms with E-state index >= 15 is 0 Å². The Balaban J connectivity index is 1.55. The van der Waals surface area contributed by atoms with Gasteiger partial charge in [-0.3, -0.25) is 4.79 Å². The van der Waals surface area contributed by atoms with Crippen molar-refractivity contribution in [2.75, 3.05) is 0 Å². The maximum Gasteiger partial charge on any atom is 0.361 e. The van der Waals surface area contributed by atoms with Gasteiger partial charge in [-0.1, -0.05) is 72.3 Å². The number of nitrogens with zero attached hydrogens (tertiary/aromatic N) is 1. The number of aromatic nitrogens is 2. The summed E-state index contributed by atoms with van der Waals surface area (Å²) in [5.41, 5.74) is 2.14. The number of allylic oxidation sites excluding steroid dienone is 2. The van der Waals surface area contributed by atoms with Crippen molar-refractivity contribution in [1.82, 2.24) is 9.97 Å². The van der Waals surface area contributed by atoms with Crippen LogP contribution in [0.4, 0.5) is 0 Å². The molecule has 0 aliphatic heterocycles. The van der Waals surface area contributed by atoms with E-state index in [0.29, 0.717) is 18.2 Å². The molecule has 6 heteroatoms. The Kier molecular flexibility index (Phi) is 7.49. The molecule has 0 saturated carbocycles. The fourth-order valence-corrected chi connectivity index (χ4v) is 4.21. The predicted octanol–water partition coefficient (Wildman–Crippen LogP) is 5.74. The number of carbonyl (C=O) groups is 1. The topological polar surface area (TPSA) is 81.3 Å². The van der Waals surface area contributed by atoms with Gasteiger partial charge in [-0.15, -0.1) is 0 Å². The van der Waals surface area contributed by atoms with Crippen molar-refractivity contribution < 1.29 is 14.3 Å². The zero-order chi connectivity index (χ0) is 24.8. The maximum atomic E-state index is 13.0. The Labute approximate surface area is 206 Å². The number of nitrogens with one attached hydrogen (secondary N) is 1. The van der Waals surface area contributed by atoms with Gasteiger partial charge in [0.25, 0.3) is 5.56 Å². The zero-order valence-corrected chi connectivity index (χ0v) is 20.5. The van der Waals surface area contributed by atoms with Crippen molar-refractivity contribution in [3.05, 3.63) is 105 Å². The average Bonchev–Trinajstić information content (AvgIpc) is 2.84. The van der Waals surface area contributed by atoms with E-state index in [1.807, 2.05) is 36.4 Å². The molecular weight excluding hydrogens is 440 g/mol. The quantitative estimate of drug-likeness (QED) is 0.350. The van der Waals surface area contributed by atoms with Gasteiger partial charge < -0.3 is 14.5 Å². The molecule has 0 bridgehead atoms. The summed E-state index contributed by atoms with van der Waals surface area (Å²) in [7, 11) is 0. The van der Waals surface area contributed by atoms with Crippen LogP contribution < -0.4 is 10.3 Å². The normalized spacial score (nSPS) is 15.9. The average molecular weight is 473 g/mol. The summed E-state index contributed by atoms with van der Waals surface area (Å²) >= 11 is 0. The largest absolute Gasteiger partial charge is 0.481 e. The van der Waals surface area contributed by atoms with Crippen LogP contribution in [0.15, 0.2) is 77.1 Å². The van der Waals surface area contributed by atoms with Crippen molar-refractivity contribution in [2.24, 2.45) is 0 Å². The highest BCUT2D eigenvalue weighted by atomic mass is 16.6. The van der Waals surface area contributed by atoms with Crippen LogP contribution in [0.2, 0.25) is 0 Å². The monoisotopic (exact) mass is 472 g/mol. The van der Waals surface area contributed by atoms with Gasteiger partial charge in [-0.25, -0.2) is 9.78 Å². The van der Waals surface area contributed by atoms with Crippen LogP contribution in [0.3, 0.4) is 0 Å². The van der Waals surface area contributed by atoms with E-state index in [1.54, 1.807) is 20.8 Å². The summed E-state index contributed by atoms with van der Waals surface area (Å²) in [5.74, 6) is 0.147. The molecule has 1 N–H and O–H groups in total. The van der Waals surface area contributed by atoms with Gasteiger partial charge in [0, 0.05) is 6.42 Å². The Morgan fingerprint density at radius 1 is 1.06 bits per heavy atom. The second-order valence-corrected chi connectivity index (χ2v) is 9.89. The number of carbonyl (C=O) groups excluding carboxylic acids is 1. The Morgan fingerprint density at radius 3 is 2.37 bits per heavy atom. The minimum atomic E-state index is -0.726. The van der Waals surface area contributed by atoms with Crippen LogP contribution in [-0.2, 0) is 17.8 Å². The van der Waals surface area contributed by atoms with Gasteiger partial charge in [0.05, 0.1) is 0 Å². The van der Waals surface area contributed by atoms with Crippen molar-refractivity contribution >= 4 is 5.97 Å². The van der Waals surface area contributed by atoms with E-state index in [9.17, 15) is 9.59 Å². The molecule has 1 heterocycles. The number of aromatic amines is 1. The molecule has 0 amide bonds. The lowest BCUT2D eigenvalue weighted by atomic mass is 9.84. The molecule has 2 aromatic carbocycles. The molecule has 0 saturated heterocycles. The zero-order valence-electron chi connectivity index (χ0n) is 20.5. The first kappa shape index (κ1) is 24.5. The molecule has 6 nitrogen and oxygen atoms in total. The predicted molar refractivity (Wildman–Crippen MR) is 136 cm³/mol. The minimum Gasteiger partial charge on any atom is -0.481 e.